The summed E-state index contributed by atoms with van der Waals surface area (Å²) in [5.41, 5.74) is 5.05. The first-order valence-electron chi connectivity index (χ1n) is 9.80. The minimum absolute atomic E-state index is 0.155. The van der Waals surface area contributed by atoms with Crippen molar-refractivity contribution in [1.82, 2.24) is 9.88 Å². The van der Waals surface area contributed by atoms with Gasteiger partial charge in [0.1, 0.15) is 5.75 Å². The van der Waals surface area contributed by atoms with Gasteiger partial charge in [-0.05, 0) is 31.2 Å². The number of nitrogens with one attached hydrogen (secondary N) is 1. The highest BCUT2D eigenvalue weighted by Gasteiger charge is 2.26. The molecule has 6 heteroatoms. The van der Waals surface area contributed by atoms with Crippen LogP contribution in [0.1, 0.15) is 34.1 Å². The van der Waals surface area contributed by atoms with Crippen LogP contribution in [0, 0.1) is 6.92 Å². The van der Waals surface area contributed by atoms with Crippen LogP contribution in [0.3, 0.4) is 0 Å². The van der Waals surface area contributed by atoms with E-state index in [9.17, 15) is 4.79 Å². The molecular formula is C23H24ClN3O2. The monoisotopic (exact) mass is 409 g/mol. The standard InChI is InChI=1S/C23H24ClN3O2/c1-4-27-10-9-19-16(13-27)22(15-7-5-6-8-18(15)25-19)23(28)26-20-11-14(2)17(24)12-21(20)29-3/h5-8,11-12H,4,9-10,13H2,1-3H3,(H,26,28). The normalized spacial score (nSPS) is 13.9. The molecule has 0 atom stereocenters. The zero-order chi connectivity index (χ0) is 20.5. The van der Waals surface area contributed by atoms with Crippen molar-refractivity contribution in [1.29, 1.82) is 0 Å². The Labute approximate surface area is 175 Å². The molecule has 2 aromatic carbocycles. The molecule has 1 aliphatic heterocycles. The van der Waals surface area contributed by atoms with Gasteiger partial charge in [-0.15, -0.1) is 0 Å². The number of ether oxygens (including phenoxy) is 1. The molecular weight excluding hydrogens is 386 g/mol. The van der Waals surface area contributed by atoms with E-state index < -0.39 is 0 Å². The third kappa shape index (κ3) is 3.68. The molecule has 0 radical (unpaired) electrons. The van der Waals surface area contributed by atoms with Gasteiger partial charge in [-0.25, -0.2) is 0 Å². The minimum Gasteiger partial charge on any atom is -0.495 e. The Morgan fingerprint density at radius 2 is 2.10 bits per heavy atom. The Morgan fingerprint density at radius 3 is 2.86 bits per heavy atom. The zero-order valence-corrected chi connectivity index (χ0v) is 17.6. The number of rotatable bonds is 4. The summed E-state index contributed by atoms with van der Waals surface area (Å²) in [7, 11) is 1.57. The molecule has 1 amide bonds. The van der Waals surface area contributed by atoms with Gasteiger partial charge in [0, 0.05) is 47.2 Å². The van der Waals surface area contributed by atoms with Gasteiger partial charge in [-0.2, -0.15) is 0 Å². The van der Waals surface area contributed by atoms with Crippen LogP contribution in [0.25, 0.3) is 10.9 Å². The average Bonchev–Trinajstić information content (AvgIpc) is 2.73. The van der Waals surface area contributed by atoms with E-state index in [0.29, 0.717) is 22.0 Å². The van der Waals surface area contributed by atoms with E-state index in [1.807, 2.05) is 37.3 Å². The van der Waals surface area contributed by atoms with Crippen molar-refractivity contribution < 1.29 is 9.53 Å². The second-order valence-electron chi connectivity index (χ2n) is 7.30. The number of hydrogen-bond donors (Lipinski definition) is 1. The van der Waals surface area contributed by atoms with Crippen molar-refractivity contribution in [2.24, 2.45) is 0 Å². The van der Waals surface area contributed by atoms with Gasteiger partial charge in [0.2, 0.25) is 0 Å². The number of para-hydroxylation sites is 1. The number of fused-ring (bicyclic) bond motifs is 2. The van der Waals surface area contributed by atoms with Crippen molar-refractivity contribution in [3.05, 3.63) is 63.8 Å². The lowest BCUT2D eigenvalue weighted by Gasteiger charge is -2.29. The number of hydrogen-bond acceptors (Lipinski definition) is 4. The van der Waals surface area contributed by atoms with Crippen molar-refractivity contribution >= 4 is 34.1 Å². The first-order valence-corrected chi connectivity index (χ1v) is 10.2. The van der Waals surface area contributed by atoms with Crippen molar-refractivity contribution in [3.63, 3.8) is 0 Å². The molecule has 1 aliphatic rings. The van der Waals surface area contributed by atoms with Gasteiger partial charge in [0.15, 0.2) is 0 Å². The van der Waals surface area contributed by atoms with Gasteiger partial charge in [-0.1, -0.05) is 36.7 Å². The van der Waals surface area contributed by atoms with Gasteiger partial charge >= 0.3 is 0 Å². The molecule has 0 fully saturated rings. The zero-order valence-electron chi connectivity index (χ0n) is 16.9. The topological polar surface area (TPSA) is 54.5 Å². The Morgan fingerprint density at radius 1 is 1.31 bits per heavy atom. The average molecular weight is 410 g/mol. The van der Waals surface area contributed by atoms with Crippen molar-refractivity contribution in [3.8, 4) is 5.75 Å². The van der Waals surface area contributed by atoms with Crippen molar-refractivity contribution in [2.75, 3.05) is 25.5 Å². The van der Waals surface area contributed by atoms with Crippen LogP contribution in [0.2, 0.25) is 5.02 Å². The number of anilines is 1. The molecule has 1 aromatic heterocycles. The Bertz CT molecular complexity index is 1100. The molecule has 0 aliphatic carbocycles. The Kier molecular flexibility index (Phi) is 5.43. The van der Waals surface area contributed by atoms with Gasteiger partial charge < -0.3 is 10.1 Å². The quantitative estimate of drug-likeness (QED) is 0.670. The highest BCUT2D eigenvalue weighted by molar-refractivity contribution is 6.31. The number of benzene rings is 2. The summed E-state index contributed by atoms with van der Waals surface area (Å²) in [6.45, 7) is 6.67. The number of aryl methyl sites for hydroxylation is 1. The predicted molar refractivity (Wildman–Crippen MR) is 117 cm³/mol. The van der Waals surface area contributed by atoms with Gasteiger partial charge in [0.05, 0.1) is 23.9 Å². The van der Waals surface area contributed by atoms with E-state index in [4.69, 9.17) is 21.3 Å². The number of pyridine rings is 1. The molecule has 0 saturated carbocycles. The number of nitrogens with zero attached hydrogens (tertiary/aromatic N) is 2. The molecule has 0 saturated heterocycles. The fraction of sp³-hybridized carbons (Fsp3) is 0.304. The number of likely N-dealkylation sites (N-methyl/N-ethyl adjacent to an activating group) is 1. The van der Waals surface area contributed by atoms with Crippen molar-refractivity contribution in [2.45, 2.75) is 26.8 Å². The maximum absolute atomic E-state index is 13.5. The summed E-state index contributed by atoms with van der Waals surface area (Å²) in [6.07, 6.45) is 0.845. The lowest BCUT2D eigenvalue weighted by Crippen LogP contribution is -2.33. The SMILES string of the molecule is CCN1CCc2nc3ccccc3c(C(=O)Nc3cc(C)c(Cl)cc3OC)c2C1. The maximum Gasteiger partial charge on any atom is 0.256 e. The number of carbonyl (C=O) groups is 1. The third-order valence-corrected chi connectivity index (χ3v) is 5.94. The van der Waals surface area contributed by atoms with Crippen LogP contribution in [0.15, 0.2) is 36.4 Å². The van der Waals surface area contributed by atoms with Crippen LogP contribution >= 0.6 is 11.6 Å². The third-order valence-electron chi connectivity index (χ3n) is 5.53. The molecule has 29 heavy (non-hydrogen) atoms. The molecule has 0 unspecified atom stereocenters. The summed E-state index contributed by atoms with van der Waals surface area (Å²) in [6, 6.07) is 11.4. The summed E-state index contributed by atoms with van der Waals surface area (Å²) in [5.74, 6) is 0.384. The number of carbonyl (C=O) groups excluding carboxylic acids is 1. The lowest BCUT2D eigenvalue weighted by atomic mass is 9.95. The van der Waals surface area contributed by atoms with E-state index in [0.717, 1.165) is 53.8 Å². The smallest absolute Gasteiger partial charge is 0.256 e. The molecule has 4 rings (SSSR count). The molecule has 2 heterocycles. The highest BCUT2D eigenvalue weighted by Crippen LogP contribution is 2.33. The fourth-order valence-electron chi connectivity index (χ4n) is 3.89. The Hall–Kier alpha value is -2.63. The second kappa shape index (κ2) is 8.01. The highest BCUT2D eigenvalue weighted by atomic mass is 35.5. The second-order valence-corrected chi connectivity index (χ2v) is 7.71. The van der Waals surface area contributed by atoms with E-state index in [-0.39, 0.29) is 5.91 Å². The van der Waals surface area contributed by atoms with Gasteiger partial charge in [-0.3, -0.25) is 14.7 Å². The van der Waals surface area contributed by atoms with Crippen LogP contribution in [-0.2, 0) is 13.0 Å². The van der Waals surface area contributed by atoms with Crippen LogP contribution in [0.4, 0.5) is 5.69 Å². The summed E-state index contributed by atoms with van der Waals surface area (Å²) >= 11 is 6.22. The van der Waals surface area contributed by atoms with E-state index in [2.05, 4.69) is 17.1 Å². The number of amides is 1. The molecule has 0 spiro atoms. The van der Waals surface area contributed by atoms with E-state index >= 15 is 0 Å². The van der Waals surface area contributed by atoms with E-state index in [1.165, 1.54) is 0 Å². The van der Waals surface area contributed by atoms with Gasteiger partial charge in [0.25, 0.3) is 5.91 Å². The van der Waals surface area contributed by atoms with Crippen LogP contribution < -0.4 is 10.1 Å². The molecule has 3 aromatic rings. The number of halogens is 1. The number of methoxy groups -OCH3 is 1. The van der Waals surface area contributed by atoms with Crippen LogP contribution in [0.5, 0.6) is 5.75 Å². The predicted octanol–water partition coefficient (Wildman–Crippen LogP) is 4.84. The summed E-state index contributed by atoms with van der Waals surface area (Å²) < 4.78 is 5.43. The first kappa shape index (κ1) is 19.7. The molecule has 150 valence electrons. The summed E-state index contributed by atoms with van der Waals surface area (Å²) in [4.78, 5) is 20.7. The summed E-state index contributed by atoms with van der Waals surface area (Å²) in [5, 5.41) is 4.52. The minimum atomic E-state index is -0.155. The van der Waals surface area contributed by atoms with E-state index in [1.54, 1.807) is 13.2 Å². The molecule has 1 N–H and O–H groups in total. The fourth-order valence-corrected chi connectivity index (χ4v) is 4.04. The number of aromatic nitrogens is 1. The maximum atomic E-state index is 13.5. The molecule has 5 nitrogen and oxygen atoms in total. The lowest BCUT2D eigenvalue weighted by molar-refractivity contribution is 0.102. The first-order chi connectivity index (χ1) is 14.0. The largest absolute Gasteiger partial charge is 0.495 e. The molecule has 0 bridgehead atoms. The Balaban J connectivity index is 1.83. The van der Waals surface area contributed by atoms with Crippen LogP contribution in [-0.4, -0.2) is 36.0 Å².